The molecule has 2 heterocycles. The SMILES string of the molecule is Cc1nc(Cl)ccc1C1=NCCC1. The first-order valence-electron chi connectivity index (χ1n) is 4.44. The molecule has 0 fully saturated rings. The van der Waals surface area contributed by atoms with E-state index < -0.39 is 0 Å². The highest BCUT2D eigenvalue weighted by atomic mass is 35.5. The average molecular weight is 195 g/mol. The number of pyridine rings is 1. The largest absolute Gasteiger partial charge is 0.289 e. The molecule has 0 unspecified atom stereocenters. The van der Waals surface area contributed by atoms with Crippen LogP contribution in [-0.2, 0) is 0 Å². The van der Waals surface area contributed by atoms with Gasteiger partial charge in [0.2, 0.25) is 0 Å². The topological polar surface area (TPSA) is 25.2 Å². The van der Waals surface area contributed by atoms with Crippen LogP contribution in [0.25, 0.3) is 0 Å². The summed E-state index contributed by atoms with van der Waals surface area (Å²) in [5, 5.41) is 0.555. The van der Waals surface area contributed by atoms with Crippen LogP contribution in [0.2, 0.25) is 5.15 Å². The van der Waals surface area contributed by atoms with Crippen LogP contribution in [0.1, 0.15) is 24.1 Å². The molecule has 0 N–H and O–H groups in total. The first-order chi connectivity index (χ1) is 6.27. The van der Waals surface area contributed by atoms with Gasteiger partial charge in [-0.1, -0.05) is 11.6 Å². The molecule has 0 amide bonds. The summed E-state index contributed by atoms with van der Waals surface area (Å²) in [7, 11) is 0. The summed E-state index contributed by atoms with van der Waals surface area (Å²) in [4.78, 5) is 8.63. The number of nitrogens with zero attached hydrogens (tertiary/aromatic N) is 2. The smallest absolute Gasteiger partial charge is 0.129 e. The maximum absolute atomic E-state index is 5.77. The Morgan fingerprint density at radius 1 is 1.38 bits per heavy atom. The number of aryl methyl sites for hydroxylation is 1. The molecule has 1 aliphatic heterocycles. The van der Waals surface area contributed by atoms with E-state index in [9.17, 15) is 0 Å². The standard InChI is InChI=1S/C10H11ClN2/c1-7-8(4-5-10(11)13-7)9-3-2-6-12-9/h4-5H,2-3,6H2,1H3. The van der Waals surface area contributed by atoms with E-state index in [2.05, 4.69) is 9.98 Å². The van der Waals surface area contributed by atoms with Crippen molar-refractivity contribution in [3.8, 4) is 0 Å². The summed E-state index contributed by atoms with van der Waals surface area (Å²) in [5.74, 6) is 0. The summed E-state index contributed by atoms with van der Waals surface area (Å²) in [5.41, 5.74) is 3.32. The van der Waals surface area contributed by atoms with Crippen molar-refractivity contribution in [2.75, 3.05) is 6.54 Å². The van der Waals surface area contributed by atoms with E-state index in [1.54, 1.807) is 0 Å². The Morgan fingerprint density at radius 3 is 2.85 bits per heavy atom. The van der Waals surface area contributed by atoms with Crippen molar-refractivity contribution in [3.63, 3.8) is 0 Å². The molecule has 0 aliphatic carbocycles. The maximum atomic E-state index is 5.77. The molecule has 0 bridgehead atoms. The summed E-state index contributed by atoms with van der Waals surface area (Å²) in [6, 6.07) is 3.83. The van der Waals surface area contributed by atoms with Gasteiger partial charge in [-0.25, -0.2) is 4.98 Å². The fraction of sp³-hybridized carbons (Fsp3) is 0.400. The molecular formula is C10H11ClN2. The molecule has 1 aliphatic rings. The van der Waals surface area contributed by atoms with Crippen LogP contribution in [0.15, 0.2) is 17.1 Å². The Kier molecular flexibility index (Phi) is 2.32. The molecular weight excluding hydrogens is 184 g/mol. The Labute approximate surface area is 82.7 Å². The molecule has 1 aromatic heterocycles. The summed E-state index contributed by atoms with van der Waals surface area (Å²) < 4.78 is 0. The monoisotopic (exact) mass is 194 g/mol. The van der Waals surface area contributed by atoms with E-state index >= 15 is 0 Å². The van der Waals surface area contributed by atoms with E-state index in [-0.39, 0.29) is 0 Å². The molecule has 0 atom stereocenters. The molecule has 0 aromatic carbocycles. The zero-order chi connectivity index (χ0) is 9.26. The van der Waals surface area contributed by atoms with Gasteiger partial charge in [0.05, 0.1) is 0 Å². The highest BCUT2D eigenvalue weighted by Gasteiger charge is 2.11. The maximum Gasteiger partial charge on any atom is 0.129 e. The minimum Gasteiger partial charge on any atom is -0.289 e. The normalized spacial score (nSPS) is 16.0. The average Bonchev–Trinajstić information content (AvgIpc) is 2.56. The first-order valence-corrected chi connectivity index (χ1v) is 4.82. The molecule has 2 rings (SSSR count). The minimum absolute atomic E-state index is 0.555. The number of rotatable bonds is 1. The van der Waals surface area contributed by atoms with Crippen molar-refractivity contribution in [1.82, 2.24) is 4.98 Å². The number of halogens is 1. The molecule has 0 saturated heterocycles. The van der Waals surface area contributed by atoms with Gasteiger partial charge in [0, 0.05) is 23.5 Å². The van der Waals surface area contributed by atoms with Gasteiger partial charge in [0.25, 0.3) is 0 Å². The van der Waals surface area contributed by atoms with Gasteiger partial charge in [-0.15, -0.1) is 0 Å². The van der Waals surface area contributed by atoms with Crippen LogP contribution >= 0.6 is 11.6 Å². The predicted molar refractivity (Wildman–Crippen MR) is 54.6 cm³/mol. The van der Waals surface area contributed by atoms with Crippen molar-refractivity contribution >= 4 is 17.3 Å². The van der Waals surface area contributed by atoms with Gasteiger partial charge in [-0.3, -0.25) is 4.99 Å². The van der Waals surface area contributed by atoms with Gasteiger partial charge in [0.15, 0.2) is 0 Å². The summed E-state index contributed by atoms with van der Waals surface area (Å²) >= 11 is 5.77. The number of hydrogen-bond donors (Lipinski definition) is 0. The van der Waals surface area contributed by atoms with Crippen molar-refractivity contribution in [1.29, 1.82) is 0 Å². The van der Waals surface area contributed by atoms with Crippen molar-refractivity contribution < 1.29 is 0 Å². The molecule has 1 aromatic rings. The third-order valence-corrected chi connectivity index (χ3v) is 2.45. The van der Waals surface area contributed by atoms with Crippen molar-refractivity contribution in [2.24, 2.45) is 4.99 Å². The lowest BCUT2D eigenvalue weighted by Crippen LogP contribution is -2.01. The highest BCUT2D eigenvalue weighted by molar-refractivity contribution is 6.29. The van der Waals surface area contributed by atoms with E-state index in [1.807, 2.05) is 19.1 Å². The minimum atomic E-state index is 0.555. The second-order valence-electron chi connectivity index (χ2n) is 3.20. The van der Waals surface area contributed by atoms with E-state index in [4.69, 9.17) is 11.6 Å². The van der Waals surface area contributed by atoms with Crippen LogP contribution in [-0.4, -0.2) is 17.2 Å². The first kappa shape index (κ1) is 8.70. The fourth-order valence-corrected chi connectivity index (χ4v) is 1.78. The Hall–Kier alpha value is -0.890. The molecule has 3 heteroatoms. The lowest BCUT2D eigenvalue weighted by molar-refractivity contribution is 0.951. The van der Waals surface area contributed by atoms with Crippen molar-refractivity contribution in [2.45, 2.75) is 19.8 Å². The predicted octanol–water partition coefficient (Wildman–Crippen LogP) is 2.63. The number of hydrogen-bond acceptors (Lipinski definition) is 2. The quantitative estimate of drug-likeness (QED) is 0.631. The zero-order valence-electron chi connectivity index (χ0n) is 7.55. The number of aliphatic imine (C=N–C) groups is 1. The highest BCUT2D eigenvalue weighted by Crippen LogP contribution is 2.17. The third-order valence-electron chi connectivity index (χ3n) is 2.24. The van der Waals surface area contributed by atoms with Gasteiger partial charge < -0.3 is 0 Å². The van der Waals surface area contributed by atoms with Gasteiger partial charge in [-0.05, 0) is 31.9 Å². The second kappa shape index (κ2) is 3.46. The summed E-state index contributed by atoms with van der Waals surface area (Å²) in [6.45, 7) is 2.93. The fourth-order valence-electron chi connectivity index (χ4n) is 1.59. The Bertz CT molecular complexity index is 358. The Morgan fingerprint density at radius 2 is 2.23 bits per heavy atom. The van der Waals surface area contributed by atoms with Crippen LogP contribution in [0.3, 0.4) is 0 Å². The summed E-state index contributed by atoms with van der Waals surface area (Å²) in [6.07, 6.45) is 2.24. The molecule has 0 radical (unpaired) electrons. The molecule has 0 saturated carbocycles. The molecule has 0 spiro atoms. The lowest BCUT2D eigenvalue weighted by atomic mass is 10.1. The van der Waals surface area contributed by atoms with Crippen LogP contribution in [0, 0.1) is 6.92 Å². The zero-order valence-corrected chi connectivity index (χ0v) is 8.30. The lowest BCUT2D eigenvalue weighted by Gasteiger charge is -2.03. The van der Waals surface area contributed by atoms with Crippen molar-refractivity contribution in [3.05, 3.63) is 28.5 Å². The van der Waals surface area contributed by atoms with Crippen LogP contribution in [0.4, 0.5) is 0 Å². The van der Waals surface area contributed by atoms with E-state index in [1.165, 1.54) is 5.71 Å². The third kappa shape index (κ3) is 1.73. The van der Waals surface area contributed by atoms with Crippen LogP contribution < -0.4 is 0 Å². The molecule has 68 valence electrons. The van der Waals surface area contributed by atoms with Gasteiger partial charge in [0.1, 0.15) is 5.15 Å². The van der Waals surface area contributed by atoms with E-state index in [0.29, 0.717) is 5.15 Å². The second-order valence-corrected chi connectivity index (χ2v) is 3.59. The molecule has 13 heavy (non-hydrogen) atoms. The Balaban J connectivity index is 2.40. The van der Waals surface area contributed by atoms with E-state index in [0.717, 1.165) is 30.6 Å². The number of aromatic nitrogens is 1. The molecule has 2 nitrogen and oxygen atoms in total. The van der Waals surface area contributed by atoms with Gasteiger partial charge >= 0.3 is 0 Å². The van der Waals surface area contributed by atoms with Crippen LogP contribution in [0.5, 0.6) is 0 Å². The van der Waals surface area contributed by atoms with Gasteiger partial charge in [-0.2, -0.15) is 0 Å².